The first-order valence-corrected chi connectivity index (χ1v) is 7.56. The third-order valence-electron chi connectivity index (χ3n) is 3.62. The fraction of sp³-hybridized carbons (Fsp3) is 0.167. The second-order valence-corrected chi connectivity index (χ2v) is 6.31. The molecule has 3 aromatic rings. The summed E-state index contributed by atoms with van der Waals surface area (Å²) in [4.78, 5) is 12.6. The highest BCUT2D eigenvalue weighted by molar-refractivity contribution is 9.10. The van der Waals surface area contributed by atoms with E-state index in [-0.39, 0.29) is 5.78 Å². The minimum absolute atomic E-state index is 0.0702. The number of aryl methyl sites for hydroxylation is 3. The quantitative estimate of drug-likeness (QED) is 0.587. The molecule has 0 amide bonds. The summed E-state index contributed by atoms with van der Waals surface area (Å²) < 4.78 is 6.77. The molecule has 2 nitrogen and oxygen atoms in total. The van der Waals surface area contributed by atoms with Crippen LogP contribution in [-0.4, -0.2) is 5.78 Å². The first-order chi connectivity index (χ1) is 9.95. The monoisotopic (exact) mass is 342 g/mol. The van der Waals surface area contributed by atoms with E-state index >= 15 is 0 Å². The number of hydrogen-bond acceptors (Lipinski definition) is 2. The first kappa shape index (κ1) is 14.1. The molecule has 0 saturated carbocycles. The van der Waals surface area contributed by atoms with Gasteiger partial charge in [-0.2, -0.15) is 0 Å². The van der Waals surface area contributed by atoms with Gasteiger partial charge in [0.2, 0.25) is 5.78 Å². The third kappa shape index (κ3) is 2.54. The Morgan fingerprint density at radius 3 is 2.48 bits per heavy atom. The van der Waals surface area contributed by atoms with Gasteiger partial charge in [-0.25, -0.2) is 0 Å². The minimum Gasteiger partial charge on any atom is -0.452 e. The van der Waals surface area contributed by atoms with Gasteiger partial charge in [-0.1, -0.05) is 39.7 Å². The van der Waals surface area contributed by atoms with Gasteiger partial charge in [0.15, 0.2) is 5.76 Å². The van der Waals surface area contributed by atoms with Crippen molar-refractivity contribution in [2.75, 3.05) is 0 Å². The summed E-state index contributed by atoms with van der Waals surface area (Å²) in [7, 11) is 0. The Morgan fingerprint density at radius 1 is 1.00 bits per heavy atom. The Bertz CT molecular complexity index is 859. The normalized spacial score (nSPS) is 11.0. The second kappa shape index (κ2) is 5.15. The van der Waals surface area contributed by atoms with Crippen LogP contribution in [0, 0.1) is 20.8 Å². The largest absolute Gasteiger partial charge is 0.452 e. The molecule has 0 fully saturated rings. The predicted octanol–water partition coefficient (Wildman–Crippen LogP) is 5.35. The Balaban J connectivity index is 2.11. The van der Waals surface area contributed by atoms with Crippen molar-refractivity contribution in [1.29, 1.82) is 0 Å². The number of furan rings is 1. The summed E-state index contributed by atoms with van der Waals surface area (Å²) in [6.07, 6.45) is 0. The van der Waals surface area contributed by atoms with E-state index in [2.05, 4.69) is 15.9 Å². The van der Waals surface area contributed by atoms with E-state index in [1.165, 1.54) is 0 Å². The molecule has 0 aliphatic rings. The van der Waals surface area contributed by atoms with Crippen LogP contribution in [0.25, 0.3) is 11.0 Å². The number of halogens is 1. The van der Waals surface area contributed by atoms with E-state index in [0.29, 0.717) is 11.3 Å². The maximum atomic E-state index is 12.6. The highest BCUT2D eigenvalue weighted by atomic mass is 79.9. The van der Waals surface area contributed by atoms with Crippen molar-refractivity contribution in [3.63, 3.8) is 0 Å². The smallest absolute Gasteiger partial charge is 0.228 e. The van der Waals surface area contributed by atoms with Gasteiger partial charge in [-0.3, -0.25) is 4.79 Å². The summed E-state index contributed by atoms with van der Waals surface area (Å²) in [5, 5.41) is 0.940. The van der Waals surface area contributed by atoms with E-state index in [9.17, 15) is 4.79 Å². The molecular weight excluding hydrogens is 328 g/mol. The van der Waals surface area contributed by atoms with Gasteiger partial charge >= 0.3 is 0 Å². The van der Waals surface area contributed by atoms with Gasteiger partial charge in [-0.05, 0) is 50.1 Å². The van der Waals surface area contributed by atoms with Crippen LogP contribution >= 0.6 is 15.9 Å². The van der Waals surface area contributed by atoms with Crippen molar-refractivity contribution >= 4 is 32.7 Å². The lowest BCUT2D eigenvalue weighted by atomic mass is 10.0. The Morgan fingerprint density at radius 2 is 1.76 bits per heavy atom. The standard InChI is InChI=1S/C18H15BrO2/c1-10-4-5-15(11(2)6-10)17(20)16-9-13-8-14(19)7-12(3)18(13)21-16/h4-9H,1-3H3. The van der Waals surface area contributed by atoms with E-state index < -0.39 is 0 Å². The van der Waals surface area contributed by atoms with Crippen LogP contribution in [0.1, 0.15) is 32.8 Å². The van der Waals surface area contributed by atoms with E-state index in [1.54, 1.807) is 0 Å². The Kier molecular flexibility index (Phi) is 3.46. The average Bonchev–Trinajstić information content (AvgIpc) is 2.82. The minimum atomic E-state index is -0.0702. The zero-order valence-electron chi connectivity index (χ0n) is 12.2. The molecule has 1 heterocycles. The topological polar surface area (TPSA) is 30.2 Å². The van der Waals surface area contributed by atoms with E-state index in [4.69, 9.17) is 4.42 Å². The van der Waals surface area contributed by atoms with Crippen LogP contribution in [0.4, 0.5) is 0 Å². The molecule has 3 rings (SSSR count). The maximum absolute atomic E-state index is 12.6. The number of benzene rings is 2. The molecule has 0 aliphatic carbocycles. The van der Waals surface area contributed by atoms with Crippen molar-refractivity contribution in [1.82, 2.24) is 0 Å². The second-order valence-electron chi connectivity index (χ2n) is 5.40. The lowest BCUT2D eigenvalue weighted by molar-refractivity contribution is 0.101. The summed E-state index contributed by atoms with van der Waals surface area (Å²) in [6, 6.07) is 11.6. The zero-order chi connectivity index (χ0) is 15.1. The molecule has 2 aromatic carbocycles. The number of carbonyl (C=O) groups excluding carboxylic acids is 1. The van der Waals surface area contributed by atoms with Crippen LogP contribution < -0.4 is 0 Å². The van der Waals surface area contributed by atoms with Gasteiger partial charge in [0.25, 0.3) is 0 Å². The number of hydrogen-bond donors (Lipinski definition) is 0. The van der Waals surface area contributed by atoms with Gasteiger partial charge in [0.05, 0.1) is 0 Å². The van der Waals surface area contributed by atoms with Gasteiger partial charge < -0.3 is 4.42 Å². The lowest BCUT2D eigenvalue weighted by Gasteiger charge is -2.03. The Hall–Kier alpha value is -1.87. The van der Waals surface area contributed by atoms with Crippen molar-refractivity contribution in [3.05, 3.63) is 68.9 Å². The highest BCUT2D eigenvalue weighted by Gasteiger charge is 2.17. The summed E-state index contributed by atoms with van der Waals surface area (Å²) in [5.74, 6) is 0.317. The molecule has 0 aliphatic heterocycles. The number of carbonyl (C=O) groups is 1. The number of rotatable bonds is 2. The molecule has 0 spiro atoms. The molecule has 0 radical (unpaired) electrons. The van der Waals surface area contributed by atoms with E-state index in [0.717, 1.165) is 32.1 Å². The molecule has 21 heavy (non-hydrogen) atoms. The van der Waals surface area contributed by atoms with Crippen LogP contribution in [0.15, 0.2) is 45.3 Å². The number of fused-ring (bicyclic) bond motifs is 1. The van der Waals surface area contributed by atoms with Crippen LogP contribution in [0.2, 0.25) is 0 Å². The molecular formula is C18H15BrO2. The Labute approximate surface area is 131 Å². The van der Waals surface area contributed by atoms with Crippen LogP contribution in [-0.2, 0) is 0 Å². The molecule has 0 unspecified atom stereocenters. The van der Waals surface area contributed by atoms with Crippen LogP contribution in [0.3, 0.4) is 0 Å². The van der Waals surface area contributed by atoms with E-state index in [1.807, 2.05) is 57.2 Å². The first-order valence-electron chi connectivity index (χ1n) is 6.77. The molecule has 1 aromatic heterocycles. The van der Waals surface area contributed by atoms with Gasteiger partial charge in [0.1, 0.15) is 5.58 Å². The summed E-state index contributed by atoms with van der Waals surface area (Å²) in [5.41, 5.74) is 4.59. The summed E-state index contributed by atoms with van der Waals surface area (Å²) in [6.45, 7) is 5.94. The SMILES string of the molecule is Cc1ccc(C(=O)c2cc3cc(Br)cc(C)c3o2)c(C)c1. The lowest BCUT2D eigenvalue weighted by Crippen LogP contribution is -2.02. The van der Waals surface area contributed by atoms with Crippen molar-refractivity contribution < 1.29 is 9.21 Å². The fourth-order valence-corrected chi connectivity index (χ4v) is 3.19. The van der Waals surface area contributed by atoms with Crippen molar-refractivity contribution in [2.24, 2.45) is 0 Å². The predicted molar refractivity (Wildman–Crippen MR) is 88.0 cm³/mol. The van der Waals surface area contributed by atoms with Gasteiger partial charge in [0, 0.05) is 15.4 Å². The number of ketones is 1. The third-order valence-corrected chi connectivity index (χ3v) is 4.07. The molecule has 3 heteroatoms. The fourth-order valence-electron chi connectivity index (χ4n) is 2.60. The molecule has 0 saturated heterocycles. The molecule has 0 bridgehead atoms. The highest BCUT2D eigenvalue weighted by Crippen LogP contribution is 2.28. The average molecular weight is 343 g/mol. The summed E-state index contributed by atoms with van der Waals surface area (Å²) >= 11 is 3.47. The van der Waals surface area contributed by atoms with Gasteiger partial charge in [-0.15, -0.1) is 0 Å². The molecule has 0 N–H and O–H groups in total. The zero-order valence-corrected chi connectivity index (χ0v) is 13.7. The molecule has 106 valence electrons. The van der Waals surface area contributed by atoms with Crippen molar-refractivity contribution in [3.8, 4) is 0 Å². The van der Waals surface area contributed by atoms with Crippen molar-refractivity contribution in [2.45, 2.75) is 20.8 Å². The maximum Gasteiger partial charge on any atom is 0.228 e. The molecule has 0 atom stereocenters. The van der Waals surface area contributed by atoms with Crippen LogP contribution in [0.5, 0.6) is 0 Å².